The molecule has 1 fully saturated rings. The third-order valence-electron chi connectivity index (χ3n) is 4.57. The summed E-state index contributed by atoms with van der Waals surface area (Å²) in [4.78, 5) is 4.67. The molecule has 108 valence electrons. The second-order valence-corrected chi connectivity index (χ2v) is 5.65. The molecule has 1 aromatic rings. The van der Waals surface area contributed by atoms with Gasteiger partial charge in [0.25, 0.3) is 0 Å². The molecular formula is C15H28N4. The Balaban J connectivity index is 2.27. The Hall–Kier alpha value is -0.900. The Bertz CT molecular complexity index is 399. The van der Waals surface area contributed by atoms with Crippen molar-refractivity contribution in [3.05, 3.63) is 11.6 Å². The maximum absolute atomic E-state index is 4.76. The third-order valence-corrected chi connectivity index (χ3v) is 4.57. The zero-order valence-electron chi connectivity index (χ0n) is 12.8. The van der Waals surface area contributed by atoms with Crippen molar-refractivity contribution in [3.8, 4) is 0 Å². The highest BCUT2D eigenvalue weighted by Crippen LogP contribution is 2.34. The standard InChI is InChI=1S/C15H28N4/c1-5-11-8-9-12(16-4)13(10-11)19-15(7-3)17-14(6-2)18-19/h11-13,16H,5-10H2,1-4H3. The molecule has 0 saturated heterocycles. The van der Waals surface area contributed by atoms with Crippen molar-refractivity contribution >= 4 is 0 Å². The average Bonchev–Trinajstić information content (AvgIpc) is 2.89. The number of hydrogen-bond donors (Lipinski definition) is 1. The van der Waals surface area contributed by atoms with Gasteiger partial charge in [0.2, 0.25) is 0 Å². The van der Waals surface area contributed by atoms with E-state index in [9.17, 15) is 0 Å². The van der Waals surface area contributed by atoms with Crippen molar-refractivity contribution in [1.82, 2.24) is 20.1 Å². The van der Waals surface area contributed by atoms with Crippen LogP contribution in [0.2, 0.25) is 0 Å². The van der Waals surface area contributed by atoms with Crippen LogP contribution in [0.5, 0.6) is 0 Å². The lowest BCUT2D eigenvalue weighted by atomic mass is 9.81. The van der Waals surface area contributed by atoms with Gasteiger partial charge < -0.3 is 5.32 Å². The molecule has 0 spiro atoms. The van der Waals surface area contributed by atoms with Gasteiger partial charge in [-0.25, -0.2) is 9.67 Å². The first-order valence-corrected chi connectivity index (χ1v) is 7.84. The lowest BCUT2D eigenvalue weighted by molar-refractivity contribution is 0.193. The Labute approximate surface area is 117 Å². The molecule has 1 aliphatic carbocycles. The van der Waals surface area contributed by atoms with Gasteiger partial charge in [-0.3, -0.25) is 0 Å². The maximum atomic E-state index is 4.76. The smallest absolute Gasteiger partial charge is 0.150 e. The van der Waals surface area contributed by atoms with E-state index < -0.39 is 0 Å². The molecule has 4 nitrogen and oxygen atoms in total. The summed E-state index contributed by atoms with van der Waals surface area (Å²) in [5.41, 5.74) is 0. The van der Waals surface area contributed by atoms with Gasteiger partial charge in [-0.15, -0.1) is 0 Å². The van der Waals surface area contributed by atoms with E-state index >= 15 is 0 Å². The minimum Gasteiger partial charge on any atom is -0.315 e. The molecule has 1 heterocycles. The van der Waals surface area contributed by atoms with Crippen LogP contribution in [0.4, 0.5) is 0 Å². The van der Waals surface area contributed by atoms with Crippen LogP contribution in [0.3, 0.4) is 0 Å². The summed E-state index contributed by atoms with van der Waals surface area (Å²) in [5, 5.41) is 8.24. The van der Waals surface area contributed by atoms with Gasteiger partial charge in [-0.05, 0) is 32.2 Å². The van der Waals surface area contributed by atoms with E-state index in [1.54, 1.807) is 0 Å². The van der Waals surface area contributed by atoms with Gasteiger partial charge in [-0.1, -0.05) is 27.2 Å². The van der Waals surface area contributed by atoms with E-state index in [0.717, 1.165) is 30.4 Å². The summed E-state index contributed by atoms with van der Waals surface area (Å²) in [7, 11) is 2.08. The van der Waals surface area contributed by atoms with Gasteiger partial charge in [-0.2, -0.15) is 5.10 Å². The fraction of sp³-hybridized carbons (Fsp3) is 0.867. The SMILES string of the molecule is CCc1nc(CC)n(C2CC(CC)CCC2NC)n1. The zero-order chi connectivity index (χ0) is 13.8. The Morgan fingerprint density at radius 3 is 2.58 bits per heavy atom. The van der Waals surface area contributed by atoms with Gasteiger partial charge >= 0.3 is 0 Å². The lowest BCUT2D eigenvalue weighted by Gasteiger charge is -2.36. The van der Waals surface area contributed by atoms with Crippen LogP contribution in [0.25, 0.3) is 0 Å². The molecular weight excluding hydrogens is 236 g/mol. The topological polar surface area (TPSA) is 42.7 Å². The zero-order valence-corrected chi connectivity index (χ0v) is 12.8. The Morgan fingerprint density at radius 2 is 2.00 bits per heavy atom. The normalized spacial score (nSPS) is 27.7. The molecule has 3 atom stereocenters. The van der Waals surface area contributed by atoms with Crippen molar-refractivity contribution in [3.63, 3.8) is 0 Å². The monoisotopic (exact) mass is 264 g/mol. The van der Waals surface area contributed by atoms with Gasteiger partial charge in [0, 0.05) is 18.9 Å². The minimum atomic E-state index is 0.478. The van der Waals surface area contributed by atoms with Gasteiger partial charge in [0.05, 0.1) is 6.04 Å². The Morgan fingerprint density at radius 1 is 1.21 bits per heavy atom. The summed E-state index contributed by atoms with van der Waals surface area (Å²) >= 11 is 0. The summed E-state index contributed by atoms with van der Waals surface area (Å²) in [6, 6.07) is 1.02. The van der Waals surface area contributed by atoms with Crippen molar-refractivity contribution in [2.75, 3.05) is 7.05 Å². The second kappa shape index (κ2) is 6.51. The van der Waals surface area contributed by atoms with Crippen LogP contribution in [0.1, 0.15) is 64.1 Å². The summed E-state index contributed by atoms with van der Waals surface area (Å²) in [6.07, 6.45) is 7.01. The van der Waals surface area contributed by atoms with E-state index in [4.69, 9.17) is 5.10 Å². The van der Waals surface area contributed by atoms with Crippen LogP contribution < -0.4 is 5.32 Å². The molecule has 0 bridgehead atoms. The first-order valence-electron chi connectivity index (χ1n) is 7.84. The first kappa shape index (κ1) is 14.5. The molecule has 1 N–H and O–H groups in total. The minimum absolute atomic E-state index is 0.478. The van der Waals surface area contributed by atoms with E-state index in [0.29, 0.717) is 12.1 Å². The molecule has 2 rings (SSSR count). The van der Waals surface area contributed by atoms with Crippen molar-refractivity contribution in [1.29, 1.82) is 0 Å². The van der Waals surface area contributed by atoms with E-state index in [-0.39, 0.29) is 0 Å². The van der Waals surface area contributed by atoms with E-state index in [1.165, 1.54) is 25.7 Å². The second-order valence-electron chi connectivity index (χ2n) is 5.65. The number of aryl methyl sites for hydroxylation is 2. The molecule has 19 heavy (non-hydrogen) atoms. The molecule has 0 radical (unpaired) electrons. The predicted octanol–water partition coefficient (Wildman–Crippen LogP) is 2.74. The largest absolute Gasteiger partial charge is 0.315 e. The molecule has 0 aromatic carbocycles. The summed E-state index contributed by atoms with van der Waals surface area (Å²) in [6.45, 7) is 6.61. The van der Waals surface area contributed by atoms with Gasteiger partial charge in [0.1, 0.15) is 5.82 Å². The number of aromatic nitrogens is 3. The van der Waals surface area contributed by atoms with E-state index in [1.807, 2.05) is 0 Å². The van der Waals surface area contributed by atoms with Crippen LogP contribution in [0, 0.1) is 5.92 Å². The molecule has 4 heteroatoms. The molecule has 1 aromatic heterocycles. The fourth-order valence-electron chi connectivity index (χ4n) is 3.27. The van der Waals surface area contributed by atoms with Crippen LogP contribution in [0.15, 0.2) is 0 Å². The number of hydrogen-bond acceptors (Lipinski definition) is 3. The third kappa shape index (κ3) is 2.99. The van der Waals surface area contributed by atoms with Crippen LogP contribution >= 0.6 is 0 Å². The summed E-state index contributed by atoms with van der Waals surface area (Å²) < 4.78 is 2.22. The molecule has 1 saturated carbocycles. The van der Waals surface area contributed by atoms with Gasteiger partial charge in [0.15, 0.2) is 5.82 Å². The quantitative estimate of drug-likeness (QED) is 0.889. The van der Waals surface area contributed by atoms with Crippen molar-refractivity contribution < 1.29 is 0 Å². The average molecular weight is 264 g/mol. The highest BCUT2D eigenvalue weighted by molar-refractivity contribution is 4.98. The highest BCUT2D eigenvalue weighted by atomic mass is 15.4. The number of rotatable bonds is 5. The summed E-state index contributed by atoms with van der Waals surface area (Å²) in [5.74, 6) is 2.98. The first-order chi connectivity index (χ1) is 9.23. The highest BCUT2D eigenvalue weighted by Gasteiger charge is 2.32. The van der Waals surface area contributed by atoms with Crippen LogP contribution in [-0.2, 0) is 12.8 Å². The molecule has 1 aliphatic rings. The number of nitrogens with zero attached hydrogens (tertiary/aromatic N) is 3. The predicted molar refractivity (Wildman–Crippen MR) is 78.3 cm³/mol. The number of nitrogens with one attached hydrogen (secondary N) is 1. The van der Waals surface area contributed by atoms with Crippen LogP contribution in [-0.4, -0.2) is 27.9 Å². The maximum Gasteiger partial charge on any atom is 0.150 e. The fourth-order valence-corrected chi connectivity index (χ4v) is 3.27. The van der Waals surface area contributed by atoms with E-state index in [2.05, 4.69) is 42.8 Å². The Kier molecular flexibility index (Phi) is 4.97. The molecule has 0 amide bonds. The molecule has 3 unspecified atom stereocenters. The van der Waals surface area contributed by atoms with Crippen molar-refractivity contribution in [2.45, 2.75) is 71.4 Å². The van der Waals surface area contributed by atoms with Crippen molar-refractivity contribution in [2.24, 2.45) is 5.92 Å². The number of likely N-dealkylation sites (N-methyl/N-ethyl adjacent to an activating group) is 1. The molecule has 0 aliphatic heterocycles. The lowest BCUT2D eigenvalue weighted by Crippen LogP contribution is -2.41.